The van der Waals surface area contributed by atoms with E-state index in [0.717, 1.165) is 5.46 Å². The maximum absolute atomic E-state index is 11.1. The number of hydrogen-bond acceptors (Lipinski definition) is 5. The highest BCUT2D eigenvalue weighted by Gasteiger charge is 2.51. The molecule has 0 bridgehead atoms. The van der Waals surface area contributed by atoms with E-state index < -0.39 is 9.84 Å². The van der Waals surface area contributed by atoms with Crippen molar-refractivity contribution < 1.29 is 22.5 Å². The number of ether oxygens (including phenoxy) is 1. The second kappa shape index (κ2) is 6.45. The topological polar surface area (TPSA) is 61.8 Å². The SMILES string of the molecule is CC1(C)OB(c2ccc(OCCCS(C)(=O)=O)cc2)OC1(C)C. The minimum Gasteiger partial charge on any atom is -0.494 e. The third-order valence-electron chi connectivity index (χ3n) is 4.33. The number of sulfone groups is 1. The Morgan fingerprint density at radius 3 is 2.04 bits per heavy atom. The Morgan fingerprint density at radius 1 is 1.04 bits per heavy atom. The van der Waals surface area contributed by atoms with E-state index >= 15 is 0 Å². The third-order valence-corrected chi connectivity index (χ3v) is 5.36. The van der Waals surface area contributed by atoms with Gasteiger partial charge in [0, 0.05) is 6.26 Å². The molecule has 0 saturated carbocycles. The van der Waals surface area contributed by atoms with Crippen molar-refractivity contribution in [1.82, 2.24) is 0 Å². The first-order valence-electron chi connectivity index (χ1n) is 7.76. The molecule has 2 rings (SSSR count). The van der Waals surface area contributed by atoms with E-state index in [1.54, 1.807) is 0 Å². The van der Waals surface area contributed by atoms with Gasteiger partial charge in [-0.25, -0.2) is 8.42 Å². The lowest BCUT2D eigenvalue weighted by molar-refractivity contribution is 0.00578. The van der Waals surface area contributed by atoms with Crippen molar-refractivity contribution in [2.45, 2.75) is 45.3 Å². The Balaban J connectivity index is 1.91. The molecule has 0 atom stereocenters. The monoisotopic (exact) mass is 340 g/mol. The molecule has 1 aliphatic heterocycles. The molecule has 0 amide bonds. The molecular weight excluding hydrogens is 315 g/mol. The first-order valence-corrected chi connectivity index (χ1v) is 9.82. The summed E-state index contributed by atoms with van der Waals surface area (Å²) in [5.74, 6) is 0.845. The molecule has 7 heteroatoms. The zero-order chi connectivity index (χ0) is 17.3. The van der Waals surface area contributed by atoms with Gasteiger partial charge in [0.2, 0.25) is 0 Å². The van der Waals surface area contributed by atoms with Gasteiger partial charge in [-0.2, -0.15) is 0 Å². The normalized spacial score (nSPS) is 19.8. The van der Waals surface area contributed by atoms with Crippen LogP contribution in [0, 0.1) is 0 Å². The maximum atomic E-state index is 11.1. The van der Waals surface area contributed by atoms with Crippen molar-refractivity contribution in [3.05, 3.63) is 24.3 Å². The Kier molecular flexibility index (Phi) is 5.13. The molecule has 0 spiro atoms. The van der Waals surface area contributed by atoms with E-state index in [9.17, 15) is 8.42 Å². The van der Waals surface area contributed by atoms with Crippen LogP contribution < -0.4 is 10.2 Å². The van der Waals surface area contributed by atoms with Crippen LogP contribution in [0.1, 0.15) is 34.1 Å². The molecule has 0 aromatic heterocycles. The standard InChI is InChI=1S/C16H25BO5S/c1-15(2)16(3,4)22-17(21-15)13-7-9-14(10-8-13)20-11-6-12-23(5,18)19/h7-10H,6,11-12H2,1-5H3. The Labute approximate surface area is 139 Å². The lowest BCUT2D eigenvalue weighted by Crippen LogP contribution is -2.41. The molecule has 0 aliphatic carbocycles. The van der Waals surface area contributed by atoms with Crippen LogP contribution in [0.25, 0.3) is 0 Å². The number of hydrogen-bond donors (Lipinski definition) is 0. The summed E-state index contributed by atoms with van der Waals surface area (Å²) < 4.78 is 39.7. The highest BCUT2D eigenvalue weighted by atomic mass is 32.2. The molecular formula is C16H25BO5S. The predicted molar refractivity (Wildman–Crippen MR) is 92.0 cm³/mol. The van der Waals surface area contributed by atoms with Gasteiger partial charge in [-0.3, -0.25) is 0 Å². The molecule has 0 N–H and O–H groups in total. The van der Waals surface area contributed by atoms with Gasteiger partial charge >= 0.3 is 7.12 Å². The smallest absolute Gasteiger partial charge is 0.494 e. The van der Waals surface area contributed by atoms with Crippen molar-refractivity contribution in [3.8, 4) is 5.75 Å². The van der Waals surface area contributed by atoms with E-state index in [1.165, 1.54) is 6.26 Å². The lowest BCUT2D eigenvalue weighted by atomic mass is 9.79. The van der Waals surface area contributed by atoms with Crippen LogP contribution in [0.4, 0.5) is 0 Å². The van der Waals surface area contributed by atoms with Crippen molar-refractivity contribution in [2.75, 3.05) is 18.6 Å². The van der Waals surface area contributed by atoms with Gasteiger partial charge in [0.25, 0.3) is 0 Å². The van der Waals surface area contributed by atoms with Gasteiger partial charge in [0.05, 0.1) is 23.6 Å². The highest BCUT2D eigenvalue weighted by molar-refractivity contribution is 7.90. The van der Waals surface area contributed by atoms with Crippen LogP contribution in [-0.4, -0.2) is 45.4 Å². The zero-order valence-electron chi connectivity index (χ0n) is 14.5. The second-order valence-electron chi connectivity index (χ2n) is 6.99. The summed E-state index contributed by atoms with van der Waals surface area (Å²) in [4.78, 5) is 0. The van der Waals surface area contributed by atoms with E-state index in [2.05, 4.69) is 0 Å². The fraction of sp³-hybridized carbons (Fsp3) is 0.625. The summed E-state index contributed by atoms with van der Waals surface area (Å²) in [6, 6.07) is 7.52. The Hall–Kier alpha value is -1.05. The van der Waals surface area contributed by atoms with Crippen LogP contribution in [0.5, 0.6) is 5.75 Å². The van der Waals surface area contributed by atoms with Gasteiger partial charge in [-0.1, -0.05) is 12.1 Å². The van der Waals surface area contributed by atoms with E-state index in [-0.39, 0.29) is 24.1 Å². The highest BCUT2D eigenvalue weighted by Crippen LogP contribution is 2.36. The van der Waals surface area contributed by atoms with Crippen molar-refractivity contribution >= 4 is 22.4 Å². The van der Waals surface area contributed by atoms with Crippen LogP contribution in [-0.2, 0) is 19.1 Å². The summed E-state index contributed by atoms with van der Waals surface area (Å²) in [6.07, 6.45) is 1.71. The van der Waals surface area contributed by atoms with Gasteiger partial charge in [0.15, 0.2) is 0 Å². The molecule has 0 unspecified atom stereocenters. The molecule has 1 aliphatic rings. The van der Waals surface area contributed by atoms with E-state index in [0.29, 0.717) is 18.8 Å². The third kappa shape index (κ3) is 4.72. The quantitative estimate of drug-likeness (QED) is 0.584. The average Bonchev–Trinajstić information content (AvgIpc) is 2.63. The Bertz CT molecular complexity index is 621. The molecule has 5 nitrogen and oxygen atoms in total. The number of benzene rings is 1. The molecule has 23 heavy (non-hydrogen) atoms. The minimum absolute atomic E-state index is 0.138. The maximum Gasteiger partial charge on any atom is 0.494 e. The Morgan fingerprint density at radius 2 is 1.57 bits per heavy atom. The molecule has 128 valence electrons. The molecule has 0 radical (unpaired) electrons. The van der Waals surface area contributed by atoms with Crippen LogP contribution in [0.2, 0.25) is 0 Å². The fourth-order valence-electron chi connectivity index (χ4n) is 2.21. The van der Waals surface area contributed by atoms with Crippen molar-refractivity contribution in [3.63, 3.8) is 0 Å². The summed E-state index contributed by atoms with van der Waals surface area (Å²) in [5.41, 5.74) is 0.212. The summed E-state index contributed by atoms with van der Waals surface area (Å²) in [5, 5.41) is 0. The average molecular weight is 340 g/mol. The first-order chi connectivity index (χ1) is 10.5. The fourth-order valence-corrected chi connectivity index (χ4v) is 2.85. The van der Waals surface area contributed by atoms with Gasteiger partial charge in [0.1, 0.15) is 15.6 Å². The largest absolute Gasteiger partial charge is 0.494 e. The zero-order valence-corrected chi connectivity index (χ0v) is 15.3. The predicted octanol–water partition coefficient (Wildman–Crippen LogP) is 1.80. The van der Waals surface area contributed by atoms with Gasteiger partial charge < -0.3 is 14.0 Å². The van der Waals surface area contributed by atoms with Gasteiger partial charge in [-0.15, -0.1) is 0 Å². The first kappa shape index (κ1) is 18.3. The van der Waals surface area contributed by atoms with E-state index in [1.807, 2.05) is 52.0 Å². The van der Waals surface area contributed by atoms with Crippen LogP contribution in [0.3, 0.4) is 0 Å². The summed E-state index contributed by atoms with van der Waals surface area (Å²) >= 11 is 0. The van der Waals surface area contributed by atoms with Crippen molar-refractivity contribution in [1.29, 1.82) is 0 Å². The summed E-state index contributed by atoms with van der Waals surface area (Å²) in [7, 11) is -3.32. The molecule has 1 aromatic rings. The minimum atomic E-state index is -2.93. The molecule has 1 aromatic carbocycles. The molecule has 1 heterocycles. The lowest BCUT2D eigenvalue weighted by Gasteiger charge is -2.32. The van der Waals surface area contributed by atoms with Crippen LogP contribution in [0.15, 0.2) is 24.3 Å². The second-order valence-corrected chi connectivity index (χ2v) is 9.25. The van der Waals surface area contributed by atoms with E-state index in [4.69, 9.17) is 14.0 Å². The van der Waals surface area contributed by atoms with Crippen molar-refractivity contribution in [2.24, 2.45) is 0 Å². The number of rotatable bonds is 6. The molecule has 1 fully saturated rings. The van der Waals surface area contributed by atoms with Gasteiger partial charge in [-0.05, 0) is 51.7 Å². The summed E-state index contributed by atoms with van der Waals surface area (Å²) in [6.45, 7) is 8.46. The van der Waals surface area contributed by atoms with Crippen LogP contribution >= 0.6 is 0 Å². The molecule has 1 saturated heterocycles.